The Morgan fingerprint density at radius 3 is 2.37 bits per heavy atom. The number of ether oxygens (including phenoxy) is 2. The molecule has 1 N–H and O–H groups in total. The molecule has 0 unspecified atom stereocenters. The molecule has 0 saturated carbocycles. The monoisotopic (exact) mass is 419 g/mol. The number of esters is 1. The average molecular weight is 420 g/mol. The SMILES string of the molecule is COC(=O)c1cccc(C#Cc2cccc(NC(=O)COc3ccccc3Cl)c2)c1. The molecule has 0 heterocycles. The van der Waals surface area contributed by atoms with Gasteiger partial charge in [-0.3, -0.25) is 4.79 Å². The third kappa shape index (κ3) is 5.87. The second-order valence-corrected chi connectivity index (χ2v) is 6.58. The molecule has 5 nitrogen and oxygen atoms in total. The van der Waals surface area contributed by atoms with Crippen molar-refractivity contribution in [2.45, 2.75) is 0 Å². The zero-order valence-corrected chi connectivity index (χ0v) is 16.9. The fraction of sp³-hybridized carbons (Fsp3) is 0.0833. The van der Waals surface area contributed by atoms with Crippen molar-refractivity contribution < 1.29 is 19.1 Å². The fourth-order valence-electron chi connectivity index (χ4n) is 2.56. The van der Waals surface area contributed by atoms with Gasteiger partial charge in [-0.2, -0.15) is 0 Å². The molecule has 0 aliphatic heterocycles. The summed E-state index contributed by atoms with van der Waals surface area (Å²) in [6, 6.07) is 21.0. The van der Waals surface area contributed by atoms with Crippen LogP contribution < -0.4 is 10.1 Å². The zero-order valence-electron chi connectivity index (χ0n) is 16.1. The molecular weight excluding hydrogens is 402 g/mol. The van der Waals surface area contributed by atoms with E-state index in [0.29, 0.717) is 33.1 Å². The van der Waals surface area contributed by atoms with Gasteiger partial charge < -0.3 is 14.8 Å². The minimum absolute atomic E-state index is 0.167. The van der Waals surface area contributed by atoms with Crippen LogP contribution in [0.1, 0.15) is 21.5 Å². The molecule has 3 aromatic carbocycles. The highest BCUT2D eigenvalue weighted by Crippen LogP contribution is 2.23. The Bertz CT molecular complexity index is 1130. The highest BCUT2D eigenvalue weighted by Gasteiger charge is 2.07. The van der Waals surface area contributed by atoms with E-state index >= 15 is 0 Å². The molecular formula is C24H18ClNO4. The number of hydrogen-bond donors (Lipinski definition) is 1. The summed E-state index contributed by atoms with van der Waals surface area (Å²) in [4.78, 5) is 23.8. The van der Waals surface area contributed by atoms with Crippen molar-refractivity contribution in [2.24, 2.45) is 0 Å². The summed E-state index contributed by atoms with van der Waals surface area (Å²) >= 11 is 6.01. The molecule has 0 atom stereocenters. The maximum absolute atomic E-state index is 12.2. The number of amides is 1. The molecule has 3 aromatic rings. The molecule has 0 spiro atoms. The zero-order chi connectivity index (χ0) is 21.3. The van der Waals surface area contributed by atoms with Gasteiger partial charge in [0.05, 0.1) is 17.7 Å². The number of halogens is 1. The molecule has 0 bridgehead atoms. The first kappa shape index (κ1) is 21.0. The van der Waals surface area contributed by atoms with Gasteiger partial charge in [0.15, 0.2) is 6.61 Å². The summed E-state index contributed by atoms with van der Waals surface area (Å²) in [6.07, 6.45) is 0. The number of anilines is 1. The van der Waals surface area contributed by atoms with Crippen LogP contribution in [0.5, 0.6) is 5.75 Å². The molecule has 150 valence electrons. The van der Waals surface area contributed by atoms with Gasteiger partial charge in [0.25, 0.3) is 5.91 Å². The van der Waals surface area contributed by atoms with E-state index in [9.17, 15) is 9.59 Å². The quantitative estimate of drug-likeness (QED) is 0.487. The van der Waals surface area contributed by atoms with E-state index in [0.717, 1.165) is 0 Å². The molecule has 0 fully saturated rings. The van der Waals surface area contributed by atoms with Gasteiger partial charge in [-0.05, 0) is 48.5 Å². The largest absolute Gasteiger partial charge is 0.482 e. The Morgan fingerprint density at radius 2 is 1.63 bits per heavy atom. The smallest absolute Gasteiger partial charge is 0.337 e. The van der Waals surface area contributed by atoms with E-state index in [-0.39, 0.29) is 12.5 Å². The lowest BCUT2D eigenvalue weighted by Gasteiger charge is -2.08. The van der Waals surface area contributed by atoms with E-state index in [1.807, 2.05) is 6.07 Å². The number of para-hydroxylation sites is 1. The minimum Gasteiger partial charge on any atom is -0.482 e. The second-order valence-electron chi connectivity index (χ2n) is 6.17. The third-order valence-electron chi connectivity index (χ3n) is 3.98. The number of carbonyl (C=O) groups excluding carboxylic acids is 2. The number of rotatable bonds is 5. The lowest BCUT2D eigenvalue weighted by atomic mass is 10.1. The molecule has 0 aliphatic rings. The first-order chi connectivity index (χ1) is 14.5. The van der Waals surface area contributed by atoms with Crippen molar-refractivity contribution in [3.63, 3.8) is 0 Å². The van der Waals surface area contributed by atoms with Crippen molar-refractivity contribution >= 4 is 29.2 Å². The maximum atomic E-state index is 12.2. The Morgan fingerprint density at radius 1 is 0.933 bits per heavy atom. The predicted molar refractivity (Wildman–Crippen MR) is 116 cm³/mol. The molecule has 0 aromatic heterocycles. The van der Waals surface area contributed by atoms with Crippen molar-refractivity contribution in [3.8, 4) is 17.6 Å². The average Bonchev–Trinajstić information content (AvgIpc) is 2.77. The first-order valence-electron chi connectivity index (χ1n) is 9.03. The summed E-state index contributed by atoms with van der Waals surface area (Å²) in [7, 11) is 1.33. The van der Waals surface area contributed by atoms with E-state index < -0.39 is 5.97 Å². The third-order valence-corrected chi connectivity index (χ3v) is 4.29. The number of carbonyl (C=O) groups is 2. The minimum atomic E-state index is -0.414. The van der Waals surface area contributed by atoms with Gasteiger partial charge in [0.1, 0.15) is 5.75 Å². The lowest BCUT2D eigenvalue weighted by molar-refractivity contribution is -0.118. The van der Waals surface area contributed by atoms with Crippen LogP contribution in [0.3, 0.4) is 0 Å². The van der Waals surface area contributed by atoms with E-state index in [1.54, 1.807) is 66.7 Å². The number of hydrogen-bond acceptors (Lipinski definition) is 4. The summed E-state index contributed by atoms with van der Waals surface area (Å²) in [5, 5.41) is 3.21. The number of nitrogens with one attached hydrogen (secondary N) is 1. The Labute approximate surface area is 179 Å². The lowest BCUT2D eigenvalue weighted by Crippen LogP contribution is -2.20. The summed E-state index contributed by atoms with van der Waals surface area (Å²) in [5.41, 5.74) is 2.42. The van der Waals surface area contributed by atoms with Gasteiger partial charge in [0.2, 0.25) is 0 Å². The first-order valence-corrected chi connectivity index (χ1v) is 9.40. The van der Waals surface area contributed by atoms with Crippen LogP contribution in [-0.2, 0) is 9.53 Å². The van der Waals surface area contributed by atoms with Crippen LogP contribution in [0.2, 0.25) is 5.02 Å². The molecule has 0 radical (unpaired) electrons. The van der Waals surface area contributed by atoms with Crippen LogP contribution in [-0.4, -0.2) is 25.6 Å². The predicted octanol–water partition coefficient (Wildman–Crippen LogP) is 4.54. The second kappa shape index (κ2) is 10.1. The van der Waals surface area contributed by atoms with Gasteiger partial charge in [-0.15, -0.1) is 0 Å². The van der Waals surface area contributed by atoms with Crippen LogP contribution in [0.15, 0.2) is 72.8 Å². The van der Waals surface area contributed by atoms with Crippen molar-refractivity contribution in [1.82, 2.24) is 0 Å². The standard InChI is InChI=1S/C24H18ClNO4/c1-29-24(28)19-8-4-6-17(14-19)12-13-18-7-5-9-20(15-18)26-23(27)16-30-22-11-3-2-10-21(22)25/h2-11,14-15H,16H2,1H3,(H,26,27). The van der Waals surface area contributed by atoms with Gasteiger partial charge in [-0.25, -0.2) is 4.79 Å². The van der Waals surface area contributed by atoms with Gasteiger partial charge in [0, 0.05) is 16.8 Å². The molecule has 0 aliphatic carbocycles. The molecule has 1 amide bonds. The summed E-state index contributed by atoms with van der Waals surface area (Å²) in [6.45, 7) is -0.167. The highest BCUT2D eigenvalue weighted by atomic mass is 35.5. The van der Waals surface area contributed by atoms with Crippen molar-refractivity contribution in [2.75, 3.05) is 19.0 Å². The Kier molecular flexibility index (Phi) is 7.09. The van der Waals surface area contributed by atoms with E-state index in [2.05, 4.69) is 17.2 Å². The van der Waals surface area contributed by atoms with Crippen LogP contribution >= 0.6 is 11.6 Å². The van der Waals surface area contributed by atoms with Crippen LogP contribution in [0.25, 0.3) is 0 Å². The molecule has 0 saturated heterocycles. The maximum Gasteiger partial charge on any atom is 0.337 e. The van der Waals surface area contributed by atoms with Crippen molar-refractivity contribution in [1.29, 1.82) is 0 Å². The Balaban J connectivity index is 1.64. The topological polar surface area (TPSA) is 64.6 Å². The summed E-state index contributed by atoms with van der Waals surface area (Å²) in [5.74, 6) is 5.74. The Hall–Kier alpha value is -3.75. The molecule has 30 heavy (non-hydrogen) atoms. The van der Waals surface area contributed by atoms with E-state index in [4.69, 9.17) is 21.1 Å². The number of methoxy groups -OCH3 is 1. The van der Waals surface area contributed by atoms with Crippen LogP contribution in [0.4, 0.5) is 5.69 Å². The summed E-state index contributed by atoms with van der Waals surface area (Å²) < 4.78 is 10.2. The van der Waals surface area contributed by atoms with Crippen molar-refractivity contribution in [3.05, 3.63) is 94.5 Å². The molecule has 6 heteroatoms. The van der Waals surface area contributed by atoms with Gasteiger partial charge in [-0.1, -0.05) is 47.7 Å². The normalized spacial score (nSPS) is 9.80. The number of benzene rings is 3. The van der Waals surface area contributed by atoms with Crippen LogP contribution in [0, 0.1) is 11.8 Å². The molecule has 3 rings (SSSR count). The highest BCUT2D eigenvalue weighted by molar-refractivity contribution is 6.32. The van der Waals surface area contributed by atoms with Gasteiger partial charge >= 0.3 is 5.97 Å². The fourth-order valence-corrected chi connectivity index (χ4v) is 2.75. The van der Waals surface area contributed by atoms with E-state index in [1.165, 1.54) is 7.11 Å².